The van der Waals surface area contributed by atoms with Crippen LogP contribution in [0.15, 0.2) is 77.3 Å². The number of fused-ring (bicyclic) bond motifs is 2. The number of nitrogens with zero attached hydrogens (tertiary/aromatic N) is 3. The highest BCUT2D eigenvalue weighted by molar-refractivity contribution is 5.86. The van der Waals surface area contributed by atoms with Crippen molar-refractivity contribution >= 4 is 27.6 Å². The van der Waals surface area contributed by atoms with Crippen LogP contribution in [0.1, 0.15) is 17.8 Å². The summed E-state index contributed by atoms with van der Waals surface area (Å²) in [5.41, 5.74) is 2.78. The number of hydrogen-bond donors (Lipinski definition) is 1. The second-order valence-corrected chi connectivity index (χ2v) is 7.26. The number of carbonyl (C=O) groups is 1. The van der Waals surface area contributed by atoms with E-state index in [9.17, 15) is 4.79 Å². The Balaban J connectivity index is 1.47. The summed E-state index contributed by atoms with van der Waals surface area (Å²) in [6.45, 7) is 0.334. The molecule has 6 nitrogen and oxygen atoms in total. The largest absolute Gasteiger partial charge is 0.481 e. The molecule has 1 N–H and O–H groups in total. The van der Waals surface area contributed by atoms with Crippen molar-refractivity contribution in [1.29, 1.82) is 0 Å². The molecule has 30 heavy (non-hydrogen) atoms. The van der Waals surface area contributed by atoms with Gasteiger partial charge in [-0.2, -0.15) is 4.98 Å². The van der Waals surface area contributed by atoms with E-state index in [1.54, 1.807) is 0 Å². The van der Waals surface area contributed by atoms with Crippen LogP contribution < -0.4 is 0 Å². The average Bonchev–Trinajstić information content (AvgIpc) is 3.36. The molecule has 5 rings (SSSR count). The Bertz CT molecular complexity index is 1370. The van der Waals surface area contributed by atoms with E-state index >= 15 is 0 Å². The lowest BCUT2D eigenvalue weighted by molar-refractivity contribution is -0.137. The fraction of sp³-hybridized carbons (Fsp3) is 0.125. The molecule has 5 aromatic rings. The molecule has 0 fully saturated rings. The quantitative estimate of drug-likeness (QED) is 0.440. The number of carboxylic acid groups (broad SMARTS) is 1. The Kier molecular flexibility index (Phi) is 4.52. The van der Waals surface area contributed by atoms with Crippen molar-refractivity contribution in [3.05, 3.63) is 84.2 Å². The van der Waals surface area contributed by atoms with E-state index in [0.29, 0.717) is 24.7 Å². The molecule has 6 heteroatoms. The summed E-state index contributed by atoms with van der Waals surface area (Å²) in [6, 6.07) is 24.3. The zero-order valence-corrected chi connectivity index (χ0v) is 16.2. The molecule has 0 radical (unpaired) electrons. The monoisotopic (exact) mass is 397 g/mol. The summed E-state index contributed by atoms with van der Waals surface area (Å²) in [5, 5.41) is 16.7. The molecule has 0 bridgehead atoms. The molecule has 0 aliphatic carbocycles. The van der Waals surface area contributed by atoms with E-state index in [1.807, 2.05) is 47.0 Å². The van der Waals surface area contributed by atoms with Gasteiger partial charge in [-0.25, -0.2) is 0 Å². The van der Waals surface area contributed by atoms with E-state index in [4.69, 9.17) is 9.63 Å². The second-order valence-electron chi connectivity index (χ2n) is 7.26. The van der Waals surface area contributed by atoms with Gasteiger partial charge in [-0.3, -0.25) is 4.79 Å². The van der Waals surface area contributed by atoms with Crippen LogP contribution in [0.4, 0.5) is 0 Å². The van der Waals surface area contributed by atoms with E-state index < -0.39 is 5.97 Å². The SMILES string of the molecule is O=C(O)CCn1c(-c2nc(Cc3ccc4ccccc4c3)no2)cc2ccccc21. The first-order valence-corrected chi connectivity index (χ1v) is 9.78. The molecule has 0 saturated heterocycles. The van der Waals surface area contributed by atoms with Crippen LogP contribution in [-0.2, 0) is 17.8 Å². The fourth-order valence-corrected chi connectivity index (χ4v) is 3.80. The predicted molar refractivity (Wildman–Crippen MR) is 114 cm³/mol. The zero-order valence-electron chi connectivity index (χ0n) is 16.2. The van der Waals surface area contributed by atoms with Gasteiger partial charge in [-0.05, 0) is 28.5 Å². The maximum atomic E-state index is 11.1. The highest BCUT2D eigenvalue weighted by Crippen LogP contribution is 2.28. The van der Waals surface area contributed by atoms with Crippen LogP contribution >= 0.6 is 0 Å². The first kappa shape index (κ1) is 18.1. The Hall–Kier alpha value is -3.93. The standard InChI is InChI=1S/C24H19N3O3/c28-23(29)11-12-27-20-8-4-3-7-19(20)15-21(27)24-25-22(26-30-24)14-16-9-10-17-5-1-2-6-18(17)13-16/h1-10,13,15H,11-12,14H2,(H,28,29). The molecule has 0 saturated carbocycles. The minimum Gasteiger partial charge on any atom is -0.481 e. The number of rotatable bonds is 6. The molecule has 0 unspecified atom stereocenters. The van der Waals surface area contributed by atoms with Crippen molar-refractivity contribution in [2.45, 2.75) is 19.4 Å². The number of aryl methyl sites for hydroxylation is 1. The van der Waals surface area contributed by atoms with Crippen molar-refractivity contribution in [3.8, 4) is 11.6 Å². The van der Waals surface area contributed by atoms with Gasteiger partial charge in [-0.15, -0.1) is 0 Å². The maximum Gasteiger partial charge on any atom is 0.305 e. The molecule has 0 atom stereocenters. The summed E-state index contributed by atoms with van der Waals surface area (Å²) in [4.78, 5) is 15.7. The van der Waals surface area contributed by atoms with E-state index in [-0.39, 0.29) is 6.42 Å². The van der Waals surface area contributed by atoms with Crippen molar-refractivity contribution < 1.29 is 14.4 Å². The van der Waals surface area contributed by atoms with Crippen LogP contribution in [0.25, 0.3) is 33.3 Å². The summed E-state index contributed by atoms with van der Waals surface area (Å²) in [5.74, 6) is 0.143. The van der Waals surface area contributed by atoms with Gasteiger partial charge in [0.1, 0.15) is 5.69 Å². The molecule has 0 spiro atoms. The minimum absolute atomic E-state index is 0.0176. The van der Waals surface area contributed by atoms with Crippen LogP contribution in [0, 0.1) is 0 Å². The summed E-state index contributed by atoms with van der Waals surface area (Å²) >= 11 is 0. The molecule has 2 heterocycles. The third kappa shape index (κ3) is 3.43. The van der Waals surface area contributed by atoms with Crippen LogP contribution in [0.5, 0.6) is 0 Å². The van der Waals surface area contributed by atoms with Gasteiger partial charge in [0.2, 0.25) is 0 Å². The molecule has 0 aliphatic heterocycles. The molecular formula is C24H19N3O3. The molecule has 2 aromatic heterocycles. The lowest BCUT2D eigenvalue weighted by atomic mass is 10.1. The van der Waals surface area contributed by atoms with Crippen LogP contribution in [0.3, 0.4) is 0 Å². The topological polar surface area (TPSA) is 81.1 Å². The van der Waals surface area contributed by atoms with Gasteiger partial charge in [0.05, 0.1) is 6.42 Å². The van der Waals surface area contributed by atoms with Crippen molar-refractivity contribution in [1.82, 2.24) is 14.7 Å². The van der Waals surface area contributed by atoms with Crippen LogP contribution in [-0.4, -0.2) is 25.8 Å². The highest BCUT2D eigenvalue weighted by atomic mass is 16.5. The van der Waals surface area contributed by atoms with Gasteiger partial charge in [0, 0.05) is 23.9 Å². The lowest BCUT2D eigenvalue weighted by Gasteiger charge is -2.06. The van der Waals surface area contributed by atoms with Crippen LogP contribution in [0.2, 0.25) is 0 Å². The maximum absolute atomic E-state index is 11.1. The van der Waals surface area contributed by atoms with Crippen molar-refractivity contribution in [3.63, 3.8) is 0 Å². The first-order chi connectivity index (χ1) is 14.7. The second kappa shape index (κ2) is 7.48. The zero-order chi connectivity index (χ0) is 20.5. The van der Waals surface area contributed by atoms with E-state index in [2.05, 4.69) is 40.5 Å². The Morgan fingerprint density at radius 1 is 0.933 bits per heavy atom. The van der Waals surface area contributed by atoms with Gasteiger partial charge >= 0.3 is 5.97 Å². The first-order valence-electron chi connectivity index (χ1n) is 9.78. The number of para-hydroxylation sites is 1. The number of benzene rings is 3. The normalized spacial score (nSPS) is 11.3. The number of aliphatic carboxylic acids is 1. The van der Waals surface area contributed by atoms with Gasteiger partial charge in [0.15, 0.2) is 5.82 Å². The van der Waals surface area contributed by atoms with Crippen molar-refractivity contribution in [2.75, 3.05) is 0 Å². The Morgan fingerprint density at radius 2 is 1.70 bits per heavy atom. The molecule has 3 aromatic carbocycles. The van der Waals surface area contributed by atoms with Gasteiger partial charge in [-0.1, -0.05) is 65.8 Å². The summed E-state index contributed by atoms with van der Waals surface area (Å²) < 4.78 is 7.49. The molecule has 0 aliphatic rings. The molecular weight excluding hydrogens is 378 g/mol. The predicted octanol–water partition coefficient (Wildman–Crippen LogP) is 4.91. The fourth-order valence-electron chi connectivity index (χ4n) is 3.80. The molecule has 148 valence electrons. The van der Waals surface area contributed by atoms with Crippen molar-refractivity contribution in [2.24, 2.45) is 0 Å². The van der Waals surface area contributed by atoms with E-state index in [0.717, 1.165) is 22.2 Å². The number of hydrogen-bond acceptors (Lipinski definition) is 4. The van der Waals surface area contributed by atoms with Gasteiger partial charge in [0.25, 0.3) is 5.89 Å². The average molecular weight is 397 g/mol. The van der Waals surface area contributed by atoms with Gasteiger partial charge < -0.3 is 14.2 Å². The number of aromatic nitrogens is 3. The molecule has 0 amide bonds. The Morgan fingerprint density at radius 3 is 2.53 bits per heavy atom. The third-order valence-electron chi connectivity index (χ3n) is 5.22. The highest BCUT2D eigenvalue weighted by Gasteiger charge is 2.17. The number of carboxylic acids is 1. The van der Waals surface area contributed by atoms with E-state index in [1.165, 1.54) is 10.8 Å². The summed E-state index contributed by atoms with van der Waals surface area (Å²) in [7, 11) is 0. The Labute approximate surface area is 172 Å². The minimum atomic E-state index is -0.846. The lowest BCUT2D eigenvalue weighted by Crippen LogP contribution is -2.05. The summed E-state index contributed by atoms with van der Waals surface area (Å²) in [6.07, 6.45) is 0.577. The smallest absolute Gasteiger partial charge is 0.305 e. The third-order valence-corrected chi connectivity index (χ3v) is 5.22.